The minimum absolute atomic E-state index is 0.0172. The Kier molecular flexibility index (Phi) is 4.69. The minimum Gasteiger partial charge on any atom is -0.495 e. The lowest BCUT2D eigenvalue weighted by Crippen LogP contribution is -2.24. The summed E-state index contributed by atoms with van der Waals surface area (Å²) in [5, 5.41) is 9.22. The number of aromatic nitrogens is 2. The highest BCUT2D eigenvalue weighted by atomic mass is 32.2. The van der Waals surface area contributed by atoms with Crippen molar-refractivity contribution in [3.05, 3.63) is 47.5 Å². The van der Waals surface area contributed by atoms with Crippen molar-refractivity contribution in [2.75, 3.05) is 7.11 Å². The van der Waals surface area contributed by atoms with Gasteiger partial charge in [0.05, 0.1) is 36.8 Å². The second kappa shape index (κ2) is 6.77. The van der Waals surface area contributed by atoms with Crippen molar-refractivity contribution in [2.45, 2.75) is 30.2 Å². The highest BCUT2D eigenvalue weighted by Crippen LogP contribution is 2.40. The Bertz CT molecular complexity index is 910. The molecule has 1 aliphatic rings. The van der Waals surface area contributed by atoms with Gasteiger partial charge in [0.25, 0.3) is 0 Å². The quantitative estimate of drug-likeness (QED) is 0.766. The van der Waals surface area contributed by atoms with Gasteiger partial charge in [-0.2, -0.15) is 0 Å². The summed E-state index contributed by atoms with van der Waals surface area (Å²) >= 11 is 0. The SMILES string of the molecule is COc1cncc(S(=O)(=O)NCc2ccc(C(=O)O)c(C3CC3)n2)c1. The van der Waals surface area contributed by atoms with Gasteiger partial charge in [-0.3, -0.25) is 9.97 Å². The first kappa shape index (κ1) is 17.3. The lowest BCUT2D eigenvalue weighted by molar-refractivity contribution is 0.0695. The van der Waals surface area contributed by atoms with Crippen LogP contribution in [0.4, 0.5) is 0 Å². The van der Waals surface area contributed by atoms with E-state index in [1.807, 2.05) is 0 Å². The van der Waals surface area contributed by atoms with Gasteiger partial charge in [0, 0.05) is 18.2 Å². The van der Waals surface area contributed by atoms with E-state index >= 15 is 0 Å². The Labute approximate surface area is 144 Å². The normalized spacial score (nSPS) is 14.3. The summed E-state index contributed by atoms with van der Waals surface area (Å²) in [5.41, 5.74) is 1.16. The van der Waals surface area contributed by atoms with Crippen LogP contribution in [0, 0.1) is 0 Å². The number of nitrogens with zero attached hydrogens (tertiary/aromatic N) is 2. The lowest BCUT2D eigenvalue weighted by atomic mass is 10.1. The minimum atomic E-state index is -3.78. The molecule has 132 valence electrons. The number of rotatable bonds is 7. The smallest absolute Gasteiger partial charge is 0.337 e. The van der Waals surface area contributed by atoms with E-state index in [0.717, 1.165) is 12.8 Å². The van der Waals surface area contributed by atoms with Crippen molar-refractivity contribution in [2.24, 2.45) is 0 Å². The van der Waals surface area contributed by atoms with E-state index in [-0.39, 0.29) is 22.9 Å². The number of carboxylic acids is 1. The van der Waals surface area contributed by atoms with Crippen LogP contribution < -0.4 is 9.46 Å². The number of sulfonamides is 1. The van der Waals surface area contributed by atoms with E-state index in [1.54, 1.807) is 0 Å². The monoisotopic (exact) mass is 363 g/mol. The fourth-order valence-electron chi connectivity index (χ4n) is 2.37. The van der Waals surface area contributed by atoms with E-state index in [9.17, 15) is 18.3 Å². The largest absolute Gasteiger partial charge is 0.495 e. The van der Waals surface area contributed by atoms with Gasteiger partial charge in [-0.25, -0.2) is 17.9 Å². The first-order chi connectivity index (χ1) is 11.9. The summed E-state index contributed by atoms with van der Waals surface area (Å²) in [6, 6.07) is 4.35. The average molecular weight is 363 g/mol. The van der Waals surface area contributed by atoms with Crippen molar-refractivity contribution in [3.63, 3.8) is 0 Å². The summed E-state index contributed by atoms with van der Waals surface area (Å²) in [6.45, 7) is -0.0425. The molecule has 0 unspecified atom stereocenters. The molecule has 0 saturated heterocycles. The molecule has 1 aliphatic carbocycles. The van der Waals surface area contributed by atoms with E-state index < -0.39 is 16.0 Å². The maximum Gasteiger partial charge on any atom is 0.337 e. The third-order valence-electron chi connectivity index (χ3n) is 3.85. The van der Waals surface area contributed by atoms with Crippen LogP contribution in [-0.4, -0.2) is 36.6 Å². The van der Waals surface area contributed by atoms with Crippen LogP contribution in [0.15, 0.2) is 35.5 Å². The molecule has 9 heteroatoms. The summed E-state index contributed by atoms with van der Waals surface area (Å²) in [5.74, 6) is -0.544. The van der Waals surface area contributed by atoms with Crippen LogP contribution in [0.25, 0.3) is 0 Å². The zero-order valence-corrected chi connectivity index (χ0v) is 14.3. The van der Waals surface area contributed by atoms with Crippen molar-refractivity contribution < 1.29 is 23.1 Å². The van der Waals surface area contributed by atoms with E-state index in [2.05, 4.69) is 14.7 Å². The predicted octanol–water partition coefficient (Wildman–Crippen LogP) is 1.54. The first-order valence-electron chi connectivity index (χ1n) is 7.62. The fourth-order valence-corrected chi connectivity index (χ4v) is 3.35. The van der Waals surface area contributed by atoms with Gasteiger partial charge in [0.15, 0.2) is 0 Å². The molecule has 0 aromatic carbocycles. The molecule has 0 aliphatic heterocycles. The number of carboxylic acid groups (broad SMARTS) is 1. The number of aromatic carboxylic acids is 1. The molecule has 0 atom stereocenters. The molecule has 2 aromatic heterocycles. The molecular formula is C16H17N3O5S. The van der Waals surface area contributed by atoms with Crippen LogP contribution in [-0.2, 0) is 16.6 Å². The fraction of sp³-hybridized carbons (Fsp3) is 0.312. The summed E-state index contributed by atoms with van der Waals surface area (Å²) in [4.78, 5) is 19.4. The van der Waals surface area contributed by atoms with E-state index in [4.69, 9.17) is 4.74 Å². The van der Waals surface area contributed by atoms with Crippen molar-refractivity contribution in [1.29, 1.82) is 0 Å². The van der Waals surface area contributed by atoms with Crippen molar-refractivity contribution in [3.8, 4) is 5.75 Å². The molecule has 2 N–H and O–H groups in total. The van der Waals surface area contributed by atoms with Crippen LogP contribution in [0.2, 0.25) is 0 Å². The Morgan fingerprint density at radius 3 is 2.76 bits per heavy atom. The van der Waals surface area contributed by atoms with Crippen LogP contribution in [0.1, 0.15) is 40.5 Å². The highest BCUT2D eigenvalue weighted by molar-refractivity contribution is 7.89. The van der Waals surface area contributed by atoms with Crippen molar-refractivity contribution in [1.82, 2.24) is 14.7 Å². The molecule has 0 bridgehead atoms. The van der Waals surface area contributed by atoms with E-state index in [1.165, 1.54) is 37.7 Å². The van der Waals surface area contributed by atoms with Gasteiger partial charge in [0.1, 0.15) is 10.6 Å². The first-order valence-corrected chi connectivity index (χ1v) is 9.11. The molecular weight excluding hydrogens is 346 g/mol. The molecule has 8 nitrogen and oxygen atoms in total. The molecule has 25 heavy (non-hydrogen) atoms. The zero-order valence-electron chi connectivity index (χ0n) is 13.5. The van der Waals surface area contributed by atoms with Crippen LogP contribution >= 0.6 is 0 Å². The summed E-state index contributed by atoms with van der Waals surface area (Å²) in [7, 11) is -2.36. The number of hydrogen-bond donors (Lipinski definition) is 2. The maximum absolute atomic E-state index is 12.4. The molecule has 2 heterocycles. The Morgan fingerprint density at radius 1 is 1.36 bits per heavy atom. The number of nitrogens with one attached hydrogen (secondary N) is 1. The Morgan fingerprint density at radius 2 is 2.12 bits per heavy atom. The topological polar surface area (TPSA) is 118 Å². The standard InChI is InChI=1S/C16H17N3O5S/c1-24-12-6-13(9-17-8-12)25(22,23)18-7-11-4-5-14(16(20)21)15(19-11)10-2-3-10/h4-6,8-10,18H,2-3,7H2,1H3,(H,20,21). The van der Waals surface area contributed by atoms with Gasteiger partial charge in [-0.05, 0) is 25.0 Å². The van der Waals surface area contributed by atoms with Gasteiger partial charge >= 0.3 is 5.97 Å². The van der Waals surface area contributed by atoms with Gasteiger partial charge < -0.3 is 9.84 Å². The van der Waals surface area contributed by atoms with Gasteiger partial charge in [-0.1, -0.05) is 0 Å². The third kappa shape index (κ3) is 3.94. The van der Waals surface area contributed by atoms with Crippen LogP contribution in [0.3, 0.4) is 0 Å². The average Bonchev–Trinajstić information content (AvgIpc) is 3.45. The Balaban J connectivity index is 1.78. The number of ether oxygens (including phenoxy) is 1. The summed E-state index contributed by atoms with van der Waals surface area (Å²) < 4.78 is 32.1. The number of carbonyl (C=O) groups is 1. The van der Waals surface area contributed by atoms with E-state index in [0.29, 0.717) is 17.1 Å². The summed E-state index contributed by atoms with van der Waals surface area (Å²) in [6.07, 6.45) is 4.43. The molecule has 3 rings (SSSR count). The Hall–Kier alpha value is -2.52. The molecule has 0 spiro atoms. The lowest BCUT2D eigenvalue weighted by Gasteiger charge is -2.10. The molecule has 1 saturated carbocycles. The second-order valence-corrected chi connectivity index (χ2v) is 7.47. The number of pyridine rings is 2. The van der Waals surface area contributed by atoms with Gasteiger partial charge in [0.2, 0.25) is 10.0 Å². The second-order valence-electron chi connectivity index (χ2n) is 5.70. The molecule has 1 fully saturated rings. The van der Waals surface area contributed by atoms with Crippen molar-refractivity contribution >= 4 is 16.0 Å². The highest BCUT2D eigenvalue weighted by Gasteiger charge is 2.30. The van der Waals surface area contributed by atoms with Crippen LogP contribution in [0.5, 0.6) is 5.75 Å². The van der Waals surface area contributed by atoms with Gasteiger partial charge in [-0.15, -0.1) is 0 Å². The molecule has 2 aromatic rings. The molecule has 0 radical (unpaired) electrons. The third-order valence-corrected chi connectivity index (χ3v) is 5.22. The maximum atomic E-state index is 12.4. The predicted molar refractivity (Wildman–Crippen MR) is 88.0 cm³/mol. The zero-order chi connectivity index (χ0) is 18.0. The number of methoxy groups -OCH3 is 1. The molecule has 0 amide bonds. The number of hydrogen-bond acceptors (Lipinski definition) is 6.